The third kappa shape index (κ3) is 5.71. The van der Waals surface area contributed by atoms with Crippen LogP contribution in [0.3, 0.4) is 0 Å². The number of hydrogen-bond donors (Lipinski definition) is 2. The lowest BCUT2D eigenvalue weighted by Crippen LogP contribution is -2.28. The molecule has 1 fully saturated rings. The Hall–Kier alpha value is -2.58. The standard InChI is InChI=1S/C21H26N2O5S/c1-27-18-10-5-15(6-11-18)4-3-13-22-21(24)16-7-12-19(28-2)20(14-16)29(25,26)23-17-8-9-17/h5-7,10-12,14,17,23H,3-4,8-9,13H2,1-2H3,(H,22,24). The summed E-state index contributed by atoms with van der Waals surface area (Å²) in [5, 5.41) is 2.84. The van der Waals surface area contributed by atoms with Gasteiger partial charge in [-0.2, -0.15) is 0 Å². The average molecular weight is 419 g/mol. The Bertz CT molecular complexity index is 954. The van der Waals surface area contributed by atoms with Gasteiger partial charge in [-0.3, -0.25) is 4.79 Å². The van der Waals surface area contributed by atoms with Crippen molar-refractivity contribution in [1.82, 2.24) is 10.0 Å². The monoisotopic (exact) mass is 418 g/mol. The van der Waals surface area contributed by atoms with Crippen LogP contribution in [0.2, 0.25) is 0 Å². The maximum atomic E-state index is 12.6. The van der Waals surface area contributed by atoms with Crippen molar-refractivity contribution in [3.8, 4) is 11.5 Å². The Kier molecular flexibility index (Phi) is 6.76. The molecule has 8 heteroatoms. The highest BCUT2D eigenvalue weighted by molar-refractivity contribution is 7.89. The summed E-state index contributed by atoms with van der Waals surface area (Å²) in [7, 11) is -0.694. The van der Waals surface area contributed by atoms with Crippen molar-refractivity contribution in [3.05, 3.63) is 53.6 Å². The lowest BCUT2D eigenvalue weighted by molar-refractivity contribution is 0.0953. The summed E-state index contributed by atoms with van der Waals surface area (Å²) >= 11 is 0. The highest BCUT2D eigenvalue weighted by Crippen LogP contribution is 2.28. The van der Waals surface area contributed by atoms with E-state index >= 15 is 0 Å². The summed E-state index contributed by atoms with van der Waals surface area (Å²) in [6.07, 6.45) is 3.24. The summed E-state index contributed by atoms with van der Waals surface area (Å²) in [5.41, 5.74) is 1.44. The number of methoxy groups -OCH3 is 2. The zero-order valence-electron chi connectivity index (χ0n) is 16.6. The van der Waals surface area contributed by atoms with Gasteiger partial charge in [-0.1, -0.05) is 12.1 Å². The van der Waals surface area contributed by atoms with Crippen LogP contribution in [0.4, 0.5) is 0 Å². The predicted octanol–water partition coefficient (Wildman–Crippen LogP) is 2.51. The van der Waals surface area contributed by atoms with E-state index < -0.39 is 10.0 Å². The molecule has 156 valence electrons. The zero-order valence-corrected chi connectivity index (χ0v) is 17.4. The third-order valence-electron chi connectivity index (χ3n) is 4.70. The molecule has 0 atom stereocenters. The van der Waals surface area contributed by atoms with Crippen LogP contribution in [0, 0.1) is 0 Å². The van der Waals surface area contributed by atoms with Gasteiger partial charge in [-0.15, -0.1) is 0 Å². The molecule has 0 unspecified atom stereocenters. The van der Waals surface area contributed by atoms with E-state index in [9.17, 15) is 13.2 Å². The minimum absolute atomic E-state index is 0.0159. The van der Waals surface area contributed by atoms with E-state index in [1.165, 1.54) is 19.2 Å². The Morgan fingerprint density at radius 3 is 2.41 bits per heavy atom. The van der Waals surface area contributed by atoms with Crippen LogP contribution >= 0.6 is 0 Å². The number of rotatable bonds is 10. The number of aryl methyl sites for hydroxylation is 1. The van der Waals surface area contributed by atoms with Crippen molar-refractivity contribution >= 4 is 15.9 Å². The molecule has 3 rings (SSSR count). The SMILES string of the molecule is COc1ccc(CCCNC(=O)c2ccc(OC)c(S(=O)(=O)NC3CC3)c2)cc1. The molecule has 0 bridgehead atoms. The summed E-state index contributed by atoms with van der Waals surface area (Å²) in [4.78, 5) is 12.5. The van der Waals surface area contributed by atoms with Gasteiger partial charge < -0.3 is 14.8 Å². The quantitative estimate of drug-likeness (QED) is 0.578. The van der Waals surface area contributed by atoms with Crippen molar-refractivity contribution in [2.24, 2.45) is 0 Å². The zero-order chi connectivity index (χ0) is 20.9. The van der Waals surface area contributed by atoms with Crippen molar-refractivity contribution in [2.75, 3.05) is 20.8 Å². The lowest BCUT2D eigenvalue weighted by Gasteiger charge is -2.12. The van der Waals surface area contributed by atoms with Crippen LogP contribution in [0.15, 0.2) is 47.4 Å². The first-order valence-electron chi connectivity index (χ1n) is 9.54. The third-order valence-corrected chi connectivity index (χ3v) is 6.24. The molecule has 1 aliphatic rings. The van der Waals surface area contributed by atoms with E-state index in [1.807, 2.05) is 24.3 Å². The molecule has 1 aliphatic carbocycles. The molecular formula is C21H26N2O5S. The molecule has 1 saturated carbocycles. The number of carbonyl (C=O) groups is 1. The minimum atomic E-state index is -3.73. The van der Waals surface area contributed by atoms with Crippen molar-refractivity contribution in [3.63, 3.8) is 0 Å². The second-order valence-corrected chi connectivity index (χ2v) is 8.65. The fourth-order valence-corrected chi connectivity index (χ4v) is 4.40. The van der Waals surface area contributed by atoms with Gasteiger partial charge in [0.15, 0.2) is 0 Å². The predicted molar refractivity (Wildman–Crippen MR) is 110 cm³/mol. The molecule has 2 aromatic rings. The van der Waals surface area contributed by atoms with Gasteiger partial charge in [-0.25, -0.2) is 13.1 Å². The van der Waals surface area contributed by atoms with E-state index in [4.69, 9.17) is 9.47 Å². The Morgan fingerprint density at radius 1 is 1.07 bits per heavy atom. The molecule has 0 aliphatic heterocycles. The first-order chi connectivity index (χ1) is 13.9. The number of nitrogens with one attached hydrogen (secondary N) is 2. The second kappa shape index (κ2) is 9.28. The van der Waals surface area contributed by atoms with Gasteiger partial charge in [0.25, 0.3) is 5.91 Å². The molecule has 2 aromatic carbocycles. The number of sulfonamides is 1. The molecular weight excluding hydrogens is 392 g/mol. The first kappa shape index (κ1) is 21.1. The van der Waals surface area contributed by atoms with Crippen LogP contribution in [0.5, 0.6) is 11.5 Å². The molecule has 0 saturated heterocycles. The Labute approximate surface area is 171 Å². The number of amides is 1. The highest BCUT2D eigenvalue weighted by atomic mass is 32.2. The van der Waals surface area contributed by atoms with Gasteiger partial charge in [0.1, 0.15) is 16.4 Å². The normalized spacial score (nSPS) is 13.7. The van der Waals surface area contributed by atoms with E-state index in [0.717, 1.165) is 37.0 Å². The average Bonchev–Trinajstić information content (AvgIpc) is 3.54. The van der Waals surface area contributed by atoms with Crippen molar-refractivity contribution in [1.29, 1.82) is 0 Å². The Balaban J connectivity index is 1.59. The van der Waals surface area contributed by atoms with Crippen LogP contribution in [0.25, 0.3) is 0 Å². The summed E-state index contributed by atoms with van der Waals surface area (Å²) in [6.45, 7) is 0.485. The number of hydrogen-bond acceptors (Lipinski definition) is 5. The van der Waals surface area contributed by atoms with Gasteiger partial charge in [0.2, 0.25) is 10.0 Å². The molecule has 0 radical (unpaired) electrons. The highest BCUT2D eigenvalue weighted by Gasteiger charge is 2.30. The van der Waals surface area contributed by atoms with Crippen LogP contribution in [0.1, 0.15) is 35.2 Å². The summed E-state index contributed by atoms with van der Waals surface area (Å²) in [5.74, 6) is 0.711. The lowest BCUT2D eigenvalue weighted by atomic mass is 10.1. The molecule has 7 nitrogen and oxygen atoms in total. The van der Waals surface area contributed by atoms with E-state index in [-0.39, 0.29) is 28.2 Å². The van der Waals surface area contributed by atoms with E-state index in [0.29, 0.717) is 6.54 Å². The van der Waals surface area contributed by atoms with Gasteiger partial charge in [0.05, 0.1) is 14.2 Å². The number of benzene rings is 2. The molecule has 0 heterocycles. The maximum absolute atomic E-state index is 12.6. The van der Waals surface area contributed by atoms with Crippen LogP contribution in [-0.2, 0) is 16.4 Å². The van der Waals surface area contributed by atoms with Crippen molar-refractivity contribution < 1.29 is 22.7 Å². The minimum Gasteiger partial charge on any atom is -0.497 e. The van der Waals surface area contributed by atoms with Gasteiger partial charge in [0, 0.05) is 18.2 Å². The smallest absolute Gasteiger partial charge is 0.251 e. The summed E-state index contributed by atoms with van der Waals surface area (Å²) < 4.78 is 38.1. The van der Waals surface area contributed by atoms with E-state index in [1.54, 1.807) is 13.2 Å². The molecule has 1 amide bonds. The second-order valence-electron chi connectivity index (χ2n) is 6.97. The Morgan fingerprint density at radius 2 is 1.79 bits per heavy atom. The van der Waals surface area contributed by atoms with Gasteiger partial charge in [-0.05, 0) is 61.6 Å². The fraction of sp³-hybridized carbons (Fsp3) is 0.381. The van der Waals surface area contributed by atoms with Crippen LogP contribution in [-0.4, -0.2) is 41.1 Å². The molecule has 0 aromatic heterocycles. The first-order valence-corrected chi connectivity index (χ1v) is 11.0. The van der Waals surface area contributed by atoms with E-state index in [2.05, 4.69) is 10.0 Å². The fourth-order valence-electron chi connectivity index (χ4n) is 2.90. The van der Waals surface area contributed by atoms with Crippen LogP contribution < -0.4 is 19.5 Å². The number of ether oxygens (including phenoxy) is 2. The molecule has 2 N–H and O–H groups in total. The largest absolute Gasteiger partial charge is 0.497 e. The van der Waals surface area contributed by atoms with Gasteiger partial charge >= 0.3 is 0 Å². The summed E-state index contributed by atoms with van der Waals surface area (Å²) in [6, 6.07) is 12.2. The van der Waals surface area contributed by atoms with Crippen molar-refractivity contribution in [2.45, 2.75) is 36.6 Å². The molecule has 0 spiro atoms. The maximum Gasteiger partial charge on any atom is 0.251 e. The molecule has 29 heavy (non-hydrogen) atoms. The topological polar surface area (TPSA) is 93.7 Å². The number of carbonyl (C=O) groups excluding carboxylic acids is 1.